The van der Waals surface area contributed by atoms with Gasteiger partial charge in [-0.05, 0) is 54.3 Å². The topological polar surface area (TPSA) is 49.4 Å². The Morgan fingerprint density at radius 1 is 0.895 bits per heavy atom. The molecule has 0 radical (unpaired) electrons. The van der Waals surface area contributed by atoms with E-state index < -0.39 is 6.04 Å². The minimum Gasteiger partial charge on any atom is -0.352 e. The average molecular weight is 612 g/mol. The molecule has 2 amide bonds. The van der Waals surface area contributed by atoms with Gasteiger partial charge in [0.1, 0.15) is 6.04 Å². The van der Waals surface area contributed by atoms with Crippen LogP contribution in [0.2, 0.25) is 20.1 Å². The first-order chi connectivity index (χ1) is 18.2. The Balaban J connectivity index is 1.89. The molecule has 2 unspecified atom stereocenters. The van der Waals surface area contributed by atoms with E-state index in [-0.39, 0.29) is 30.2 Å². The van der Waals surface area contributed by atoms with Crippen LogP contribution in [0, 0.1) is 0 Å². The maximum absolute atomic E-state index is 13.7. The van der Waals surface area contributed by atoms with E-state index in [1.807, 2.05) is 50.2 Å². The highest BCUT2D eigenvalue weighted by Crippen LogP contribution is 2.27. The first-order valence-corrected chi connectivity index (χ1v) is 14.9. The van der Waals surface area contributed by atoms with Gasteiger partial charge in [0.05, 0.1) is 5.75 Å². The van der Waals surface area contributed by atoms with E-state index in [0.29, 0.717) is 37.8 Å². The van der Waals surface area contributed by atoms with Gasteiger partial charge in [-0.3, -0.25) is 9.59 Å². The van der Waals surface area contributed by atoms with Crippen molar-refractivity contribution in [2.45, 2.75) is 51.1 Å². The van der Waals surface area contributed by atoms with E-state index in [1.165, 1.54) is 11.8 Å². The number of halogens is 4. The number of nitrogens with one attached hydrogen (secondary N) is 1. The Kier molecular flexibility index (Phi) is 12.1. The number of nitrogens with zero attached hydrogens (tertiary/aromatic N) is 1. The van der Waals surface area contributed by atoms with E-state index in [4.69, 9.17) is 46.4 Å². The van der Waals surface area contributed by atoms with E-state index in [9.17, 15) is 9.59 Å². The number of thioether (sulfide) groups is 1. The second kappa shape index (κ2) is 15.0. The largest absolute Gasteiger partial charge is 0.352 e. The van der Waals surface area contributed by atoms with Crippen molar-refractivity contribution in [1.82, 2.24) is 10.2 Å². The van der Waals surface area contributed by atoms with Crippen LogP contribution in [0.1, 0.15) is 37.0 Å². The van der Waals surface area contributed by atoms with Gasteiger partial charge in [0.25, 0.3) is 0 Å². The molecule has 3 aromatic rings. The monoisotopic (exact) mass is 610 g/mol. The van der Waals surface area contributed by atoms with Crippen LogP contribution in [0.4, 0.5) is 0 Å². The van der Waals surface area contributed by atoms with Gasteiger partial charge in [-0.2, -0.15) is 0 Å². The number of hydrogen-bond acceptors (Lipinski definition) is 3. The zero-order valence-corrected chi connectivity index (χ0v) is 25.1. The summed E-state index contributed by atoms with van der Waals surface area (Å²) < 4.78 is 0. The summed E-state index contributed by atoms with van der Waals surface area (Å²) in [7, 11) is 0. The molecular weight excluding hydrogens is 582 g/mol. The summed E-state index contributed by atoms with van der Waals surface area (Å²) in [6.45, 7) is 4.13. The fraction of sp³-hybridized carbons (Fsp3) is 0.310. The maximum atomic E-state index is 13.7. The minimum atomic E-state index is -0.731. The van der Waals surface area contributed by atoms with Crippen molar-refractivity contribution in [3.05, 3.63) is 104 Å². The molecule has 0 bridgehead atoms. The number of benzene rings is 3. The highest BCUT2D eigenvalue weighted by atomic mass is 35.5. The van der Waals surface area contributed by atoms with E-state index >= 15 is 0 Å². The van der Waals surface area contributed by atoms with E-state index in [1.54, 1.807) is 35.2 Å². The SMILES string of the molecule is CCC(C)NC(=O)C(Cc1ccccc1)N(Cc1ccc(Cl)cc1Cl)C(=O)CSCc1ccc(Cl)cc1Cl. The lowest BCUT2D eigenvalue weighted by Crippen LogP contribution is -2.52. The second-order valence-corrected chi connectivity index (χ2v) is 11.7. The van der Waals surface area contributed by atoms with E-state index in [0.717, 1.165) is 17.5 Å². The van der Waals surface area contributed by atoms with Crippen LogP contribution < -0.4 is 5.32 Å². The third kappa shape index (κ3) is 9.10. The van der Waals surface area contributed by atoms with Gasteiger partial charge in [-0.25, -0.2) is 0 Å². The number of hydrogen-bond donors (Lipinski definition) is 1. The van der Waals surface area contributed by atoms with Crippen LogP contribution in [0.5, 0.6) is 0 Å². The minimum absolute atomic E-state index is 0.0294. The molecule has 2 atom stereocenters. The molecular formula is C29H30Cl4N2O2S. The van der Waals surface area contributed by atoms with Gasteiger partial charge in [0.15, 0.2) is 0 Å². The molecule has 1 N–H and O–H groups in total. The Bertz CT molecular complexity index is 1240. The fourth-order valence-electron chi connectivity index (χ4n) is 3.80. The van der Waals surface area contributed by atoms with Crippen LogP contribution in [-0.2, 0) is 28.3 Å². The molecule has 0 aromatic heterocycles. The molecule has 0 heterocycles. The second-order valence-electron chi connectivity index (χ2n) is 9.01. The summed E-state index contributed by atoms with van der Waals surface area (Å²) in [6, 6.07) is 19.4. The van der Waals surface area contributed by atoms with Crippen LogP contribution in [-0.4, -0.2) is 34.6 Å². The molecule has 4 nitrogen and oxygen atoms in total. The molecule has 3 rings (SSSR count). The molecule has 3 aromatic carbocycles. The fourth-order valence-corrected chi connectivity index (χ4v) is 5.74. The number of amides is 2. The standard InChI is InChI=1S/C29H30Cl4N2O2S/c1-3-19(2)34-29(37)27(13-20-7-5-4-6-8-20)35(16-21-9-11-23(30)14-25(21)32)28(36)18-38-17-22-10-12-24(31)15-26(22)33/h4-12,14-15,19,27H,3,13,16-18H2,1-2H3,(H,34,37). The zero-order chi connectivity index (χ0) is 27.7. The van der Waals surface area contributed by atoms with Gasteiger partial charge < -0.3 is 10.2 Å². The molecule has 202 valence electrons. The van der Waals surface area contributed by atoms with Crippen molar-refractivity contribution in [1.29, 1.82) is 0 Å². The van der Waals surface area contributed by atoms with Crippen LogP contribution in [0.3, 0.4) is 0 Å². The smallest absolute Gasteiger partial charge is 0.243 e. The van der Waals surface area contributed by atoms with Crippen LogP contribution in [0.15, 0.2) is 66.7 Å². The molecule has 0 aliphatic rings. The number of rotatable bonds is 12. The number of carbonyl (C=O) groups is 2. The van der Waals surface area contributed by atoms with Crippen molar-refractivity contribution >= 4 is 70.0 Å². The normalized spacial score (nSPS) is 12.6. The van der Waals surface area contributed by atoms with Gasteiger partial charge in [0.2, 0.25) is 11.8 Å². The molecule has 0 saturated carbocycles. The summed E-state index contributed by atoms with van der Waals surface area (Å²) in [5.41, 5.74) is 2.55. The predicted octanol–water partition coefficient (Wildman–Crippen LogP) is 8.09. The highest BCUT2D eigenvalue weighted by Gasteiger charge is 2.31. The first-order valence-electron chi connectivity index (χ1n) is 12.3. The van der Waals surface area contributed by atoms with Gasteiger partial charge >= 0.3 is 0 Å². The average Bonchev–Trinajstić information content (AvgIpc) is 2.88. The summed E-state index contributed by atoms with van der Waals surface area (Å²) in [4.78, 5) is 28.9. The predicted molar refractivity (Wildman–Crippen MR) is 161 cm³/mol. The first kappa shape index (κ1) is 30.6. The quantitative estimate of drug-likeness (QED) is 0.225. The molecule has 38 heavy (non-hydrogen) atoms. The van der Waals surface area contributed by atoms with Crippen LogP contribution >= 0.6 is 58.2 Å². The molecule has 0 fully saturated rings. The van der Waals surface area contributed by atoms with Crippen molar-refractivity contribution in [2.75, 3.05) is 5.75 Å². The molecule has 0 aliphatic carbocycles. The lowest BCUT2D eigenvalue weighted by atomic mass is 10.0. The highest BCUT2D eigenvalue weighted by molar-refractivity contribution is 7.99. The zero-order valence-electron chi connectivity index (χ0n) is 21.2. The molecule has 9 heteroatoms. The van der Waals surface area contributed by atoms with Gasteiger partial charge in [0, 0.05) is 44.9 Å². The van der Waals surface area contributed by atoms with Crippen molar-refractivity contribution in [3.8, 4) is 0 Å². The van der Waals surface area contributed by atoms with Gasteiger partial charge in [-0.15, -0.1) is 11.8 Å². The summed E-state index contributed by atoms with van der Waals surface area (Å²) in [6.07, 6.45) is 1.15. The molecule has 0 spiro atoms. The molecule has 0 saturated heterocycles. The van der Waals surface area contributed by atoms with Crippen molar-refractivity contribution in [2.24, 2.45) is 0 Å². The Hall–Kier alpha value is -1.89. The lowest BCUT2D eigenvalue weighted by molar-refractivity contribution is -0.139. The Morgan fingerprint density at radius 2 is 1.50 bits per heavy atom. The van der Waals surface area contributed by atoms with E-state index in [2.05, 4.69) is 5.32 Å². The summed E-state index contributed by atoms with van der Waals surface area (Å²) in [5, 5.41) is 5.12. The summed E-state index contributed by atoms with van der Waals surface area (Å²) in [5.74, 6) is 0.310. The lowest BCUT2D eigenvalue weighted by Gasteiger charge is -2.32. The Morgan fingerprint density at radius 3 is 2.08 bits per heavy atom. The molecule has 0 aliphatic heterocycles. The Labute approximate surface area is 249 Å². The number of carbonyl (C=O) groups excluding carboxylic acids is 2. The van der Waals surface area contributed by atoms with Gasteiger partial charge in [-0.1, -0.05) is 95.8 Å². The van der Waals surface area contributed by atoms with Crippen molar-refractivity contribution < 1.29 is 9.59 Å². The summed E-state index contributed by atoms with van der Waals surface area (Å²) >= 11 is 26.4. The van der Waals surface area contributed by atoms with Crippen LogP contribution in [0.25, 0.3) is 0 Å². The third-order valence-corrected chi connectivity index (χ3v) is 8.27. The third-order valence-electron chi connectivity index (χ3n) is 6.13. The van der Waals surface area contributed by atoms with Crippen molar-refractivity contribution in [3.63, 3.8) is 0 Å². The maximum Gasteiger partial charge on any atom is 0.243 e.